The van der Waals surface area contributed by atoms with E-state index >= 15 is 0 Å². The lowest BCUT2D eigenvalue weighted by molar-refractivity contribution is -0.128. The van der Waals surface area contributed by atoms with Gasteiger partial charge in [0.15, 0.2) is 0 Å². The number of carbonyl (C=O) groups excluding carboxylic acids is 1. The summed E-state index contributed by atoms with van der Waals surface area (Å²) in [4.78, 5) is 21.0. The highest BCUT2D eigenvalue weighted by atomic mass is 32.1. The maximum atomic E-state index is 12.0. The summed E-state index contributed by atoms with van der Waals surface area (Å²) in [5.74, 6) is 1.92. The molecule has 0 aromatic carbocycles. The SMILES string of the molecule is O=C1CCCN1CC1CN(Cc2ccsc2)Cc2nccn2C1. The highest BCUT2D eigenvalue weighted by Crippen LogP contribution is 2.21. The number of imidazole rings is 1. The van der Waals surface area contributed by atoms with E-state index in [0.29, 0.717) is 11.8 Å². The van der Waals surface area contributed by atoms with Gasteiger partial charge in [-0.3, -0.25) is 9.69 Å². The summed E-state index contributed by atoms with van der Waals surface area (Å²) >= 11 is 1.75. The van der Waals surface area contributed by atoms with Crippen LogP contribution in [0.1, 0.15) is 24.2 Å². The molecule has 0 bridgehead atoms. The van der Waals surface area contributed by atoms with Gasteiger partial charge >= 0.3 is 0 Å². The third-order valence-corrected chi connectivity index (χ3v) is 5.51. The Labute approximate surface area is 140 Å². The van der Waals surface area contributed by atoms with Gasteiger partial charge in [0, 0.05) is 57.5 Å². The van der Waals surface area contributed by atoms with E-state index in [4.69, 9.17) is 0 Å². The highest BCUT2D eigenvalue weighted by Gasteiger charge is 2.27. The Bertz CT molecular complexity index is 666. The molecule has 6 heteroatoms. The van der Waals surface area contributed by atoms with Crippen LogP contribution in [-0.4, -0.2) is 44.9 Å². The van der Waals surface area contributed by atoms with Gasteiger partial charge in [0.05, 0.1) is 6.54 Å². The molecule has 0 aliphatic carbocycles. The molecular formula is C17H22N4OS. The lowest BCUT2D eigenvalue weighted by Gasteiger charge is -2.27. The number of likely N-dealkylation sites (tertiary alicyclic amines) is 1. The molecule has 1 fully saturated rings. The first kappa shape index (κ1) is 14.9. The van der Waals surface area contributed by atoms with Crippen molar-refractivity contribution in [2.45, 2.75) is 32.5 Å². The number of nitrogens with zero attached hydrogens (tertiary/aromatic N) is 4. The molecule has 5 nitrogen and oxygen atoms in total. The number of fused-ring (bicyclic) bond motifs is 1. The Morgan fingerprint density at radius 2 is 2.30 bits per heavy atom. The number of aromatic nitrogens is 2. The molecule has 2 aliphatic heterocycles. The average Bonchev–Trinajstić information content (AvgIpc) is 3.24. The molecule has 23 heavy (non-hydrogen) atoms. The van der Waals surface area contributed by atoms with Crippen molar-refractivity contribution in [1.29, 1.82) is 0 Å². The molecule has 1 saturated heterocycles. The van der Waals surface area contributed by atoms with Gasteiger partial charge in [-0.25, -0.2) is 4.98 Å². The van der Waals surface area contributed by atoms with Crippen LogP contribution in [-0.2, 0) is 24.4 Å². The lowest BCUT2D eigenvalue weighted by Crippen LogP contribution is -2.37. The summed E-state index contributed by atoms with van der Waals surface area (Å²) in [5, 5.41) is 4.35. The van der Waals surface area contributed by atoms with Crippen molar-refractivity contribution in [3.63, 3.8) is 0 Å². The van der Waals surface area contributed by atoms with Gasteiger partial charge in [0.2, 0.25) is 5.91 Å². The van der Waals surface area contributed by atoms with Crippen LogP contribution in [0.4, 0.5) is 0 Å². The molecule has 0 saturated carbocycles. The van der Waals surface area contributed by atoms with E-state index in [1.807, 2.05) is 6.20 Å². The maximum absolute atomic E-state index is 12.0. The molecule has 0 spiro atoms. The maximum Gasteiger partial charge on any atom is 0.222 e. The van der Waals surface area contributed by atoms with Crippen molar-refractivity contribution in [1.82, 2.24) is 19.4 Å². The third-order valence-electron chi connectivity index (χ3n) is 4.77. The minimum atomic E-state index is 0.324. The average molecular weight is 330 g/mol. The van der Waals surface area contributed by atoms with Crippen molar-refractivity contribution in [3.05, 3.63) is 40.6 Å². The first-order chi connectivity index (χ1) is 11.3. The Hall–Kier alpha value is -1.66. The molecule has 1 unspecified atom stereocenters. The summed E-state index contributed by atoms with van der Waals surface area (Å²) < 4.78 is 2.26. The highest BCUT2D eigenvalue weighted by molar-refractivity contribution is 7.07. The second-order valence-corrected chi connectivity index (χ2v) is 7.39. The second-order valence-electron chi connectivity index (χ2n) is 6.61. The van der Waals surface area contributed by atoms with Crippen LogP contribution in [0.5, 0.6) is 0 Å². The van der Waals surface area contributed by atoms with Gasteiger partial charge in [0.1, 0.15) is 5.82 Å². The first-order valence-electron chi connectivity index (χ1n) is 8.29. The van der Waals surface area contributed by atoms with Gasteiger partial charge in [-0.15, -0.1) is 0 Å². The topological polar surface area (TPSA) is 41.4 Å². The minimum absolute atomic E-state index is 0.324. The smallest absolute Gasteiger partial charge is 0.222 e. The molecule has 0 radical (unpaired) electrons. The molecule has 2 aliphatic rings. The summed E-state index contributed by atoms with van der Waals surface area (Å²) in [6.07, 6.45) is 5.70. The fourth-order valence-corrected chi connectivity index (χ4v) is 4.37. The van der Waals surface area contributed by atoms with E-state index < -0.39 is 0 Å². The van der Waals surface area contributed by atoms with Crippen LogP contribution in [0.3, 0.4) is 0 Å². The minimum Gasteiger partial charge on any atom is -0.342 e. The predicted molar refractivity (Wildman–Crippen MR) is 90.0 cm³/mol. The summed E-state index contributed by atoms with van der Waals surface area (Å²) in [7, 11) is 0. The van der Waals surface area contributed by atoms with E-state index in [2.05, 4.69) is 42.4 Å². The van der Waals surface area contributed by atoms with Crippen molar-refractivity contribution in [2.75, 3.05) is 19.6 Å². The van der Waals surface area contributed by atoms with Gasteiger partial charge in [0.25, 0.3) is 0 Å². The fraction of sp³-hybridized carbons (Fsp3) is 0.529. The molecule has 122 valence electrons. The number of hydrogen-bond donors (Lipinski definition) is 0. The number of rotatable bonds is 4. The number of amides is 1. The molecule has 2 aromatic heterocycles. The largest absolute Gasteiger partial charge is 0.342 e. The third kappa shape index (κ3) is 3.33. The standard InChI is InChI=1S/C17H22N4OS/c22-17-2-1-5-21(17)11-15-9-19(8-14-3-7-23-13-14)12-16-18-4-6-20(16)10-15/h3-4,6-7,13,15H,1-2,5,8-12H2. The van der Waals surface area contributed by atoms with Crippen LogP contribution in [0.15, 0.2) is 29.2 Å². The van der Waals surface area contributed by atoms with Crippen LogP contribution in [0, 0.1) is 5.92 Å². The first-order valence-corrected chi connectivity index (χ1v) is 9.23. The summed E-state index contributed by atoms with van der Waals surface area (Å²) in [6.45, 7) is 5.61. The van der Waals surface area contributed by atoms with Crippen LogP contribution in [0.25, 0.3) is 0 Å². The van der Waals surface area contributed by atoms with Crippen molar-refractivity contribution < 1.29 is 4.79 Å². The summed E-state index contributed by atoms with van der Waals surface area (Å²) in [6, 6.07) is 2.20. The van der Waals surface area contributed by atoms with Gasteiger partial charge in [-0.1, -0.05) is 0 Å². The van der Waals surface area contributed by atoms with Gasteiger partial charge < -0.3 is 9.47 Å². The number of carbonyl (C=O) groups is 1. The monoisotopic (exact) mass is 330 g/mol. The Balaban J connectivity index is 1.50. The molecular weight excluding hydrogens is 308 g/mol. The normalized spacial score (nSPS) is 22.3. The molecule has 2 aromatic rings. The lowest BCUT2D eigenvalue weighted by atomic mass is 10.1. The van der Waals surface area contributed by atoms with E-state index in [-0.39, 0.29) is 0 Å². The number of hydrogen-bond acceptors (Lipinski definition) is 4. The fourth-order valence-electron chi connectivity index (χ4n) is 3.71. The quantitative estimate of drug-likeness (QED) is 0.863. The van der Waals surface area contributed by atoms with Gasteiger partial charge in [-0.2, -0.15) is 11.3 Å². The van der Waals surface area contributed by atoms with Crippen LogP contribution in [0.2, 0.25) is 0 Å². The zero-order valence-corrected chi connectivity index (χ0v) is 14.0. The van der Waals surface area contributed by atoms with Crippen molar-refractivity contribution in [3.8, 4) is 0 Å². The second kappa shape index (κ2) is 6.45. The van der Waals surface area contributed by atoms with Crippen LogP contribution >= 0.6 is 11.3 Å². The van der Waals surface area contributed by atoms with Crippen LogP contribution < -0.4 is 0 Å². The van der Waals surface area contributed by atoms with Crippen molar-refractivity contribution >= 4 is 17.2 Å². The zero-order chi connectivity index (χ0) is 15.6. The predicted octanol–water partition coefficient (Wildman–Crippen LogP) is 2.20. The Kier molecular flexibility index (Phi) is 4.18. The molecule has 4 rings (SSSR count). The molecule has 0 N–H and O–H groups in total. The zero-order valence-electron chi connectivity index (χ0n) is 13.2. The van der Waals surface area contributed by atoms with E-state index in [9.17, 15) is 4.79 Å². The van der Waals surface area contributed by atoms with Crippen molar-refractivity contribution in [2.24, 2.45) is 5.92 Å². The Morgan fingerprint density at radius 1 is 1.35 bits per heavy atom. The van der Waals surface area contributed by atoms with E-state index in [1.165, 1.54) is 5.56 Å². The van der Waals surface area contributed by atoms with E-state index in [1.54, 1.807) is 11.3 Å². The molecule has 1 atom stereocenters. The number of thiophene rings is 1. The molecule has 1 amide bonds. The van der Waals surface area contributed by atoms with E-state index in [0.717, 1.165) is 57.9 Å². The Morgan fingerprint density at radius 3 is 3.09 bits per heavy atom. The summed E-state index contributed by atoms with van der Waals surface area (Å²) in [5.41, 5.74) is 1.37. The molecule has 4 heterocycles. The van der Waals surface area contributed by atoms with Gasteiger partial charge in [-0.05, 0) is 28.8 Å².